The van der Waals surface area contributed by atoms with Crippen LogP contribution in [-0.4, -0.2) is 35.7 Å². The Morgan fingerprint density at radius 3 is 2.32 bits per heavy atom. The van der Waals surface area contributed by atoms with Gasteiger partial charge in [0, 0.05) is 31.5 Å². The number of amides is 1. The summed E-state index contributed by atoms with van der Waals surface area (Å²) in [5.41, 5.74) is 13.0. The zero-order valence-electron chi connectivity index (χ0n) is 12.4. The summed E-state index contributed by atoms with van der Waals surface area (Å²) < 4.78 is 0. The van der Waals surface area contributed by atoms with Gasteiger partial charge in [0.25, 0.3) is 0 Å². The highest BCUT2D eigenvalue weighted by molar-refractivity contribution is 7.99. The average Bonchev–Trinajstić information content (AvgIpc) is 2.45. The molecule has 0 saturated heterocycles. The molecule has 8 heteroatoms. The van der Waals surface area contributed by atoms with Crippen molar-refractivity contribution in [1.82, 2.24) is 9.97 Å². The number of aromatic nitrogens is 2. The van der Waals surface area contributed by atoms with E-state index in [4.69, 9.17) is 11.5 Å². The Morgan fingerprint density at radius 1 is 1.18 bits per heavy atom. The summed E-state index contributed by atoms with van der Waals surface area (Å²) in [6, 6.07) is 9.05. The molecule has 7 nitrogen and oxygen atoms in total. The number of nitrogens with one attached hydrogen (secondary N) is 1. The molecule has 1 amide bonds. The maximum atomic E-state index is 11.9. The molecule has 1 heterocycles. The van der Waals surface area contributed by atoms with Gasteiger partial charge < -0.3 is 21.7 Å². The van der Waals surface area contributed by atoms with E-state index < -0.39 is 0 Å². The Hall–Kier alpha value is -2.48. The first-order valence-corrected chi connectivity index (χ1v) is 7.52. The van der Waals surface area contributed by atoms with Gasteiger partial charge in [-0.2, -0.15) is 0 Å². The normalized spacial score (nSPS) is 10.3. The second-order valence-electron chi connectivity index (χ2n) is 4.78. The van der Waals surface area contributed by atoms with Gasteiger partial charge in [0.15, 0.2) is 5.16 Å². The van der Waals surface area contributed by atoms with E-state index in [1.54, 1.807) is 0 Å². The molecule has 0 saturated carbocycles. The first kappa shape index (κ1) is 15.9. The second kappa shape index (κ2) is 6.99. The number of thioether (sulfide) groups is 1. The molecule has 0 aliphatic rings. The highest BCUT2D eigenvalue weighted by Gasteiger charge is 2.07. The smallest absolute Gasteiger partial charge is 0.234 e. The van der Waals surface area contributed by atoms with Gasteiger partial charge in [-0.05, 0) is 24.3 Å². The fraction of sp³-hybridized carbons (Fsp3) is 0.214. The van der Waals surface area contributed by atoms with E-state index >= 15 is 0 Å². The van der Waals surface area contributed by atoms with Gasteiger partial charge in [0.2, 0.25) is 5.91 Å². The minimum Gasteiger partial charge on any atom is -0.383 e. The zero-order chi connectivity index (χ0) is 16.1. The molecule has 0 unspecified atom stereocenters. The van der Waals surface area contributed by atoms with E-state index in [0.717, 1.165) is 11.4 Å². The van der Waals surface area contributed by atoms with Gasteiger partial charge in [-0.1, -0.05) is 11.8 Å². The van der Waals surface area contributed by atoms with Gasteiger partial charge in [-0.15, -0.1) is 0 Å². The Balaban J connectivity index is 1.90. The van der Waals surface area contributed by atoms with Crippen LogP contribution < -0.4 is 21.7 Å². The molecular formula is C14H18N6OS. The summed E-state index contributed by atoms with van der Waals surface area (Å²) >= 11 is 1.18. The maximum absolute atomic E-state index is 11.9. The zero-order valence-corrected chi connectivity index (χ0v) is 13.2. The Kier molecular flexibility index (Phi) is 5.05. The van der Waals surface area contributed by atoms with Gasteiger partial charge in [0.1, 0.15) is 11.6 Å². The third kappa shape index (κ3) is 4.52. The number of rotatable bonds is 5. The van der Waals surface area contributed by atoms with Crippen molar-refractivity contribution < 1.29 is 4.79 Å². The monoisotopic (exact) mass is 318 g/mol. The molecule has 0 aliphatic carbocycles. The third-order valence-corrected chi connectivity index (χ3v) is 3.59. The summed E-state index contributed by atoms with van der Waals surface area (Å²) in [6.07, 6.45) is 0. The highest BCUT2D eigenvalue weighted by atomic mass is 32.2. The Morgan fingerprint density at radius 2 is 1.77 bits per heavy atom. The van der Waals surface area contributed by atoms with E-state index in [2.05, 4.69) is 15.3 Å². The number of anilines is 4. The minimum absolute atomic E-state index is 0.146. The first-order valence-electron chi connectivity index (χ1n) is 6.54. The molecule has 2 rings (SSSR count). The lowest BCUT2D eigenvalue weighted by atomic mass is 10.2. The molecule has 22 heavy (non-hydrogen) atoms. The molecule has 5 N–H and O–H groups in total. The van der Waals surface area contributed by atoms with Crippen LogP contribution in [0.15, 0.2) is 35.5 Å². The molecule has 0 fully saturated rings. The van der Waals surface area contributed by atoms with Crippen LogP contribution in [-0.2, 0) is 4.79 Å². The topological polar surface area (TPSA) is 110 Å². The van der Waals surface area contributed by atoms with E-state index in [9.17, 15) is 4.79 Å². The van der Waals surface area contributed by atoms with E-state index in [-0.39, 0.29) is 23.3 Å². The van der Waals surface area contributed by atoms with Crippen molar-refractivity contribution in [2.45, 2.75) is 5.16 Å². The van der Waals surface area contributed by atoms with Crippen LogP contribution in [0.3, 0.4) is 0 Å². The third-order valence-electron chi connectivity index (χ3n) is 2.75. The fourth-order valence-electron chi connectivity index (χ4n) is 1.70. The molecule has 1 aromatic carbocycles. The van der Waals surface area contributed by atoms with Crippen molar-refractivity contribution in [3.63, 3.8) is 0 Å². The number of nitrogens with zero attached hydrogens (tertiary/aromatic N) is 3. The summed E-state index contributed by atoms with van der Waals surface area (Å²) in [7, 11) is 3.92. The van der Waals surface area contributed by atoms with Crippen LogP contribution in [0.25, 0.3) is 0 Å². The van der Waals surface area contributed by atoms with E-state index in [1.165, 1.54) is 17.8 Å². The van der Waals surface area contributed by atoms with Gasteiger partial charge in [-0.3, -0.25) is 4.79 Å². The van der Waals surface area contributed by atoms with Crippen LogP contribution >= 0.6 is 11.8 Å². The van der Waals surface area contributed by atoms with Crippen molar-refractivity contribution in [3.8, 4) is 0 Å². The number of nitrogen functional groups attached to an aromatic ring is 2. The fourth-order valence-corrected chi connectivity index (χ4v) is 2.37. The molecule has 2 aromatic rings. The van der Waals surface area contributed by atoms with E-state index in [0.29, 0.717) is 5.16 Å². The lowest BCUT2D eigenvalue weighted by molar-refractivity contribution is -0.113. The maximum Gasteiger partial charge on any atom is 0.234 e. The molecule has 0 radical (unpaired) electrons. The number of nitrogens with two attached hydrogens (primary N) is 2. The standard InChI is InChI=1S/C14H18N6OS/c1-20(2)10-5-3-9(4-6-10)17-13(21)8-22-14-18-11(15)7-12(16)19-14/h3-7H,8H2,1-2H3,(H,17,21)(H4,15,16,18,19). The lowest BCUT2D eigenvalue weighted by Crippen LogP contribution is -2.15. The SMILES string of the molecule is CN(C)c1ccc(NC(=O)CSc2nc(N)cc(N)n2)cc1. The summed E-state index contributed by atoms with van der Waals surface area (Å²) in [6.45, 7) is 0. The number of hydrogen-bond acceptors (Lipinski definition) is 7. The summed E-state index contributed by atoms with van der Waals surface area (Å²) in [5, 5.41) is 3.20. The largest absolute Gasteiger partial charge is 0.383 e. The van der Waals surface area contributed by atoms with Crippen molar-refractivity contribution in [2.75, 3.05) is 41.5 Å². The van der Waals surface area contributed by atoms with Crippen LogP contribution in [0.2, 0.25) is 0 Å². The number of carbonyl (C=O) groups excluding carboxylic acids is 1. The predicted octanol–water partition coefficient (Wildman–Crippen LogP) is 1.44. The second-order valence-corrected chi connectivity index (χ2v) is 5.72. The number of carbonyl (C=O) groups is 1. The minimum atomic E-state index is -0.146. The van der Waals surface area contributed by atoms with Gasteiger partial charge >= 0.3 is 0 Å². The molecule has 0 bridgehead atoms. The molecular weight excluding hydrogens is 300 g/mol. The number of benzene rings is 1. The molecule has 1 aromatic heterocycles. The highest BCUT2D eigenvalue weighted by Crippen LogP contribution is 2.18. The van der Waals surface area contributed by atoms with Crippen LogP contribution in [0.4, 0.5) is 23.0 Å². The first-order chi connectivity index (χ1) is 10.4. The van der Waals surface area contributed by atoms with Crippen LogP contribution in [0, 0.1) is 0 Å². The lowest BCUT2D eigenvalue weighted by Gasteiger charge is -2.13. The molecule has 0 atom stereocenters. The summed E-state index contributed by atoms with van der Waals surface area (Å²) in [5.74, 6) is 0.606. The molecule has 0 spiro atoms. The average molecular weight is 318 g/mol. The van der Waals surface area contributed by atoms with Gasteiger partial charge in [-0.25, -0.2) is 9.97 Å². The van der Waals surface area contributed by atoms with Crippen molar-refractivity contribution >= 4 is 40.7 Å². The van der Waals surface area contributed by atoms with Crippen molar-refractivity contribution in [1.29, 1.82) is 0 Å². The van der Waals surface area contributed by atoms with Crippen molar-refractivity contribution in [2.24, 2.45) is 0 Å². The molecule has 116 valence electrons. The van der Waals surface area contributed by atoms with Crippen LogP contribution in [0.5, 0.6) is 0 Å². The van der Waals surface area contributed by atoms with E-state index in [1.807, 2.05) is 43.3 Å². The van der Waals surface area contributed by atoms with Crippen molar-refractivity contribution in [3.05, 3.63) is 30.3 Å². The Bertz CT molecular complexity index is 639. The predicted molar refractivity (Wildman–Crippen MR) is 91.0 cm³/mol. The number of hydrogen-bond donors (Lipinski definition) is 3. The summed E-state index contributed by atoms with van der Waals surface area (Å²) in [4.78, 5) is 21.9. The van der Waals surface area contributed by atoms with Crippen LogP contribution in [0.1, 0.15) is 0 Å². The quantitative estimate of drug-likeness (QED) is 0.565. The Labute approximate surface area is 133 Å². The molecule has 0 aliphatic heterocycles. The van der Waals surface area contributed by atoms with Gasteiger partial charge in [0.05, 0.1) is 5.75 Å².